The van der Waals surface area contributed by atoms with Crippen LogP contribution in [0, 0.1) is 5.92 Å². The van der Waals surface area contributed by atoms with Gasteiger partial charge in [-0.05, 0) is 53.3 Å². The van der Waals surface area contributed by atoms with Gasteiger partial charge in [0.1, 0.15) is 0 Å². The summed E-state index contributed by atoms with van der Waals surface area (Å²) < 4.78 is 4.80. The number of rotatable bonds is 1. The average molecular weight is 309 g/mol. The highest BCUT2D eigenvalue weighted by atomic mass is 16.5. The lowest BCUT2D eigenvalue weighted by molar-refractivity contribution is -0.121. The van der Waals surface area contributed by atoms with Crippen molar-refractivity contribution in [3.63, 3.8) is 0 Å². The number of hydrogen-bond donors (Lipinski definition) is 1. The van der Waals surface area contributed by atoms with E-state index in [0.717, 1.165) is 35.7 Å². The van der Waals surface area contributed by atoms with E-state index in [1.807, 2.05) is 30.3 Å². The molecule has 4 nitrogen and oxygen atoms in total. The first-order valence-corrected chi connectivity index (χ1v) is 8.15. The number of anilines is 1. The molecule has 0 radical (unpaired) electrons. The molecule has 1 saturated carbocycles. The minimum atomic E-state index is -0.325. The van der Waals surface area contributed by atoms with E-state index < -0.39 is 0 Å². The molecule has 4 rings (SSSR count). The van der Waals surface area contributed by atoms with Gasteiger partial charge in [-0.25, -0.2) is 4.79 Å². The van der Waals surface area contributed by atoms with Crippen LogP contribution < -0.4 is 5.32 Å². The fourth-order valence-corrected chi connectivity index (χ4v) is 4.12. The molecule has 0 aromatic heterocycles. The van der Waals surface area contributed by atoms with Gasteiger partial charge in [0.2, 0.25) is 5.91 Å². The van der Waals surface area contributed by atoms with E-state index in [2.05, 4.69) is 5.32 Å². The van der Waals surface area contributed by atoms with Crippen molar-refractivity contribution in [3.05, 3.63) is 41.5 Å². The summed E-state index contributed by atoms with van der Waals surface area (Å²) in [6.07, 6.45) is 4.32. The highest BCUT2D eigenvalue weighted by Crippen LogP contribution is 2.47. The molecule has 2 aromatic rings. The van der Waals surface area contributed by atoms with E-state index in [-0.39, 0.29) is 17.8 Å². The topological polar surface area (TPSA) is 55.4 Å². The fraction of sp³-hybridized carbons (Fsp3) is 0.368. The minimum Gasteiger partial charge on any atom is -0.465 e. The number of amides is 1. The molecule has 1 N–H and O–H groups in total. The standard InChI is InChI=1S/C19H19NO3/c1-23-19(22)12-6-8-13-11(10-12)7-9-16-17(13)14-4-2-3-5-15(14)18(21)20-16/h6-10,14-15H,2-5H2,1H3,(H,20,21)/t14-,15+/m0/s1. The Morgan fingerprint density at radius 3 is 2.70 bits per heavy atom. The van der Waals surface area contributed by atoms with E-state index in [0.29, 0.717) is 11.5 Å². The number of carbonyl (C=O) groups is 2. The Labute approximate surface area is 134 Å². The second kappa shape index (κ2) is 5.37. The Kier molecular flexibility index (Phi) is 3.33. The first-order valence-electron chi connectivity index (χ1n) is 8.15. The Balaban J connectivity index is 1.89. The van der Waals surface area contributed by atoms with Gasteiger partial charge in [0.15, 0.2) is 0 Å². The van der Waals surface area contributed by atoms with Crippen LogP contribution >= 0.6 is 0 Å². The van der Waals surface area contributed by atoms with Gasteiger partial charge in [-0.1, -0.05) is 25.0 Å². The molecule has 1 aliphatic carbocycles. The highest BCUT2D eigenvalue weighted by molar-refractivity contribution is 6.03. The van der Waals surface area contributed by atoms with Gasteiger partial charge >= 0.3 is 5.97 Å². The molecule has 1 amide bonds. The molecule has 23 heavy (non-hydrogen) atoms. The highest BCUT2D eigenvalue weighted by Gasteiger charge is 2.38. The lowest BCUT2D eigenvalue weighted by Crippen LogP contribution is -2.35. The molecule has 0 saturated heterocycles. The van der Waals surface area contributed by atoms with Crippen LogP contribution in [0.25, 0.3) is 10.8 Å². The van der Waals surface area contributed by atoms with E-state index in [9.17, 15) is 9.59 Å². The lowest BCUT2D eigenvalue weighted by atomic mass is 9.71. The molecule has 4 heteroatoms. The SMILES string of the molecule is COC(=O)c1ccc2c3c(ccc2c1)NC(=O)[C@@H]1CCCC[C@H]31. The van der Waals surface area contributed by atoms with Gasteiger partial charge in [0.05, 0.1) is 12.7 Å². The maximum Gasteiger partial charge on any atom is 0.337 e. The number of hydrogen-bond acceptors (Lipinski definition) is 3. The third-order valence-electron chi connectivity index (χ3n) is 5.21. The van der Waals surface area contributed by atoms with E-state index >= 15 is 0 Å². The number of nitrogens with one attached hydrogen (secondary N) is 1. The predicted molar refractivity (Wildman–Crippen MR) is 88.6 cm³/mol. The van der Waals surface area contributed by atoms with Crippen LogP contribution in [0.15, 0.2) is 30.3 Å². The molecule has 2 aromatic carbocycles. The maximum absolute atomic E-state index is 12.3. The second-order valence-corrected chi connectivity index (χ2v) is 6.44. The van der Waals surface area contributed by atoms with Gasteiger partial charge in [-0.2, -0.15) is 0 Å². The second-order valence-electron chi connectivity index (χ2n) is 6.44. The Bertz CT molecular complexity index is 812. The zero-order chi connectivity index (χ0) is 16.0. The van der Waals surface area contributed by atoms with Crippen LogP contribution in [0.5, 0.6) is 0 Å². The molecule has 0 bridgehead atoms. The molecule has 0 spiro atoms. The Morgan fingerprint density at radius 1 is 1.13 bits per heavy atom. The predicted octanol–water partition coefficient (Wildman–Crippen LogP) is 3.85. The van der Waals surface area contributed by atoms with Gasteiger partial charge in [0, 0.05) is 11.6 Å². The third-order valence-corrected chi connectivity index (χ3v) is 5.21. The van der Waals surface area contributed by atoms with Crippen molar-refractivity contribution in [2.24, 2.45) is 5.92 Å². The number of carbonyl (C=O) groups excluding carboxylic acids is 2. The molecule has 2 aliphatic rings. The first-order chi connectivity index (χ1) is 11.2. The van der Waals surface area contributed by atoms with Gasteiger partial charge in [0.25, 0.3) is 0 Å². The summed E-state index contributed by atoms with van der Waals surface area (Å²) in [5.74, 6) is 0.212. The van der Waals surface area contributed by atoms with Gasteiger partial charge in [-0.3, -0.25) is 4.79 Å². The van der Waals surface area contributed by atoms with Gasteiger partial charge < -0.3 is 10.1 Å². The van der Waals surface area contributed by atoms with Crippen molar-refractivity contribution in [2.45, 2.75) is 31.6 Å². The molecule has 118 valence electrons. The number of methoxy groups -OCH3 is 1. The van der Waals surface area contributed by atoms with Crippen molar-refractivity contribution in [2.75, 3.05) is 12.4 Å². The third kappa shape index (κ3) is 2.21. The molecule has 0 unspecified atom stereocenters. The molecular weight excluding hydrogens is 290 g/mol. The van der Waals surface area contributed by atoms with E-state index in [1.165, 1.54) is 19.1 Å². The summed E-state index contributed by atoms with van der Waals surface area (Å²) in [5.41, 5.74) is 2.72. The van der Waals surface area contributed by atoms with Gasteiger partial charge in [-0.15, -0.1) is 0 Å². The van der Waals surface area contributed by atoms with Crippen molar-refractivity contribution in [1.82, 2.24) is 0 Å². The smallest absolute Gasteiger partial charge is 0.337 e. The zero-order valence-corrected chi connectivity index (χ0v) is 13.1. The summed E-state index contributed by atoms with van der Waals surface area (Å²) in [6, 6.07) is 9.59. The number of ether oxygens (including phenoxy) is 1. The summed E-state index contributed by atoms with van der Waals surface area (Å²) in [7, 11) is 1.39. The molecular formula is C19H19NO3. The van der Waals surface area contributed by atoms with Crippen LogP contribution in [0.3, 0.4) is 0 Å². The van der Waals surface area contributed by atoms with Crippen molar-refractivity contribution in [3.8, 4) is 0 Å². The summed E-state index contributed by atoms with van der Waals surface area (Å²) in [4.78, 5) is 24.1. The van der Waals surface area contributed by atoms with Crippen LogP contribution in [-0.2, 0) is 9.53 Å². The van der Waals surface area contributed by atoms with Crippen molar-refractivity contribution >= 4 is 28.3 Å². The maximum atomic E-state index is 12.3. The van der Waals surface area contributed by atoms with Crippen LogP contribution in [0.1, 0.15) is 47.5 Å². The summed E-state index contributed by atoms with van der Waals surface area (Å²) >= 11 is 0. The lowest BCUT2D eigenvalue weighted by Gasteiger charge is -2.37. The van der Waals surface area contributed by atoms with E-state index in [4.69, 9.17) is 4.74 Å². The molecule has 1 aliphatic heterocycles. The summed E-state index contributed by atoms with van der Waals surface area (Å²) in [6.45, 7) is 0. The number of benzene rings is 2. The first kappa shape index (κ1) is 14.2. The van der Waals surface area contributed by atoms with E-state index in [1.54, 1.807) is 0 Å². The quantitative estimate of drug-likeness (QED) is 0.814. The Morgan fingerprint density at radius 2 is 1.91 bits per heavy atom. The Hall–Kier alpha value is -2.36. The molecule has 2 atom stereocenters. The summed E-state index contributed by atoms with van der Waals surface area (Å²) in [5, 5.41) is 5.22. The minimum absolute atomic E-state index is 0.0853. The molecule has 1 fully saturated rings. The zero-order valence-electron chi connectivity index (χ0n) is 13.1. The fourth-order valence-electron chi connectivity index (χ4n) is 4.12. The normalized spacial score (nSPS) is 22.9. The number of esters is 1. The number of fused-ring (bicyclic) bond motifs is 5. The van der Waals surface area contributed by atoms with Crippen molar-refractivity contribution in [1.29, 1.82) is 0 Å². The monoisotopic (exact) mass is 309 g/mol. The van der Waals surface area contributed by atoms with Crippen LogP contribution in [-0.4, -0.2) is 19.0 Å². The average Bonchev–Trinajstić information content (AvgIpc) is 2.60. The van der Waals surface area contributed by atoms with Crippen molar-refractivity contribution < 1.29 is 14.3 Å². The largest absolute Gasteiger partial charge is 0.465 e. The molecule has 1 heterocycles. The van der Waals surface area contributed by atoms with Crippen LogP contribution in [0.4, 0.5) is 5.69 Å². The van der Waals surface area contributed by atoms with Crippen LogP contribution in [0.2, 0.25) is 0 Å².